The van der Waals surface area contributed by atoms with Crippen LogP contribution in [0, 0.1) is 0 Å². The molecule has 2 aromatic rings. The summed E-state index contributed by atoms with van der Waals surface area (Å²) in [6.45, 7) is 0. The fourth-order valence-corrected chi connectivity index (χ4v) is 3.44. The predicted molar refractivity (Wildman–Crippen MR) is 83.6 cm³/mol. The third-order valence-electron chi connectivity index (χ3n) is 2.81. The van der Waals surface area contributed by atoms with Gasteiger partial charge in [-0.2, -0.15) is 8.42 Å². The van der Waals surface area contributed by atoms with Crippen LogP contribution in [0.1, 0.15) is 0 Å². The number of hydrogen-bond acceptors (Lipinski definition) is 5. The van der Waals surface area contributed by atoms with Crippen LogP contribution in [0.2, 0.25) is 10.2 Å². The molecule has 22 heavy (non-hydrogen) atoms. The maximum atomic E-state index is 12.4. The van der Waals surface area contributed by atoms with Crippen LogP contribution < -0.4 is 14.2 Å². The molecular weight excluding hydrogens is 353 g/mol. The highest BCUT2D eigenvalue weighted by molar-refractivity contribution is 7.92. The number of anilines is 1. The number of rotatable bonds is 5. The molecule has 0 spiro atoms. The zero-order valence-corrected chi connectivity index (χ0v) is 14.3. The molecule has 7 nitrogen and oxygen atoms in total. The Morgan fingerprint density at radius 1 is 1.18 bits per heavy atom. The van der Waals surface area contributed by atoms with Gasteiger partial charge in [0.25, 0.3) is 10.0 Å². The molecule has 0 saturated carbocycles. The lowest BCUT2D eigenvalue weighted by atomic mass is 10.3. The number of benzene rings is 1. The van der Waals surface area contributed by atoms with Gasteiger partial charge < -0.3 is 14.0 Å². The van der Waals surface area contributed by atoms with Crippen LogP contribution in [0.25, 0.3) is 0 Å². The van der Waals surface area contributed by atoms with Crippen LogP contribution in [0.3, 0.4) is 0 Å². The van der Waals surface area contributed by atoms with Crippen LogP contribution in [0.5, 0.6) is 11.5 Å². The Labute approximate surface area is 137 Å². The van der Waals surface area contributed by atoms with E-state index in [1.807, 2.05) is 0 Å². The normalized spacial score (nSPS) is 11.3. The van der Waals surface area contributed by atoms with Gasteiger partial charge in [0.2, 0.25) is 5.03 Å². The van der Waals surface area contributed by atoms with E-state index in [1.54, 1.807) is 7.05 Å². The van der Waals surface area contributed by atoms with E-state index in [1.165, 1.54) is 37.2 Å². The van der Waals surface area contributed by atoms with Crippen LogP contribution in [0.15, 0.2) is 23.5 Å². The van der Waals surface area contributed by atoms with E-state index < -0.39 is 10.0 Å². The zero-order chi connectivity index (χ0) is 16.5. The van der Waals surface area contributed by atoms with Crippen LogP contribution in [-0.2, 0) is 17.1 Å². The van der Waals surface area contributed by atoms with Gasteiger partial charge in [-0.3, -0.25) is 4.72 Å². The number of imidazole rings is 1. The summed E-state index contributed by atoms with van der Waals surface area (Å²) in [4.78, 5) is 3.78. The number of sulfonamides is 1. The minimum Gasteiger partial charge on any atom is -0.495 e. The van der Waals surface area contributed by atoms with Crippen molar-refractivity contribution in [3.63, 3.8) is 0 Å². The summed E-state index contributed by atoms with van der Waals surface area (Å²) >= 11 is 11.9. The maximum absolute atomic E-state index is 12.4. The summed E-state index contributed by atoms with van der Waals surface area (Å²) < 4.78 is 38.7. The third kappa shape index (κ3) is 3.08. The van der Waals surface area contributed by atoms with Crippen LogP contribution in [0.4, 0.5) is 5.69 Å². The van der Waals surface area contributed by atoms with Gasteiger partial charge in [0, 0.05) is 13.1 Å². The lowest BCUT2D eigenvalue weighted by Gasteiger charge is -2.13. The average molecular weight is 366 g/mol. The SMILES string of the molecule is COc1cc(OC)c(NS(=O)(=O)c2ncn(C)c2Cl)cc1Cl. The molecule has 120 valence electrons. The van der Waals surface area contributed by atoms with E-state index in [-0.39, 0.29) is 26.6 Å². The second-order valence-corrected chi connectivity index (χ2v) is 6.61. The molecule has 1 N–H and O–H groups in total. The molecular formula is C12H13Cl2N3O4S. The monoisotopic (exact) mass is 365 g/mol. The fraction of sp³-hybridized carbons (Fsp3) is 0.250. The number of methoxy groups -OCH3 is 2. The van der Waals surface area contributed by atoms with Gasteiger partial charge in [-0.05, 0) is 6.07 Å². The second kappa shape index (κ2) is 6.23. The smallest absolute Gasteiger partial charge is 0.282 e. The fourth-order valence-electron chi connectivity index (χ4n) is 1.71. The number of hydrogen-bond donors (Lipinski definition) is 1. The largest absolute Gasteiger partial charge is 0.495 e. The van der Waals surface area contributed by atoms with Gasteiger partial charge in [0.05, 0.1) is 31.3 Å². The summed E-state index contributed by atoms with van der Waals surface area (Å²) in [6.07, 6.45) is 1.30. The molecule has 0 fully saturated rings. The summed E-state index contributed by atoms with van der Waals surface area (Å²) in [5.74, 6) is 0.606. The first kappa shape index (κ1) is 16.7. The van der Waals surface area contributed by atoms with Gasteiger partial charge in [-0.15, -0.1) is 0 Å². The topological polar surface area (TPSA) is 82.4 Å². The van der Waals surface area contributed by atoms with Gasteiger partial charge in [-0.1, -0.05) is 23.2 Å². The number of ether oxygens (including phenoxy) is 2. The Bertz CT molecular complexity index is 805. The molecule has 2 rings (SSSR count). The molecule has 1 aromatic carbocycles. The zero-order valence-electron chi connectivity index (χ0n) is 11.9. The second-order valence-electron chi connectivity index (χ2n) is 4.24. The van der Waals surface area contributed by atoms with Crippen molar-refractivity contribution in [1.29, 1.82) is 0 Å². The highest BCUT2D eigenvalue weighted by Gasteiger charge is 2.24. The minimum atomic E-state index is -3.99. The van der Waals surface area contributed by atoms with Crippen molar-refractivity contribution >= 4 is 38.9 Å². The van der Waals surface area contributed by atoms with Gasteiger partial charge in [0.15, 0.2) is 0 Å². The van der Waals surface area contributed by atoms with Crippen molar-refractivity contribution in [1.82, 2.24) is 9.55 Å². The van der Waals surface area contributed by atoms with E-state index in [0.717, 1.165) is 0 Å². The molecule has 0 amide bonds. The first-order valence-electron chi connectivity index (χ1n) is 5.91. The van der Waals surface area contributed by atoms with Crippen molar-refractivity contribution in [2.24, 2.45) is 7.05 Å². The van der Waals surface area contributed by atoms with Crippen LogP contribution >= 0.6 is 23.2 Å². The summed E-state index contributed by atoms with van der Waals surface area (Å²) in [6, 6.07) is 2.85. The summed E-state index contributed by atoms with van der Waals surface area (Å²) in [5, 5.41) is -0.0650. The molecule has 1 heterocycles. The molecule has 1 aromatic heterocycles. The number of halogens is 2. The Balaban J connectivity index is 2.46. The predicted octanol–water partition coefficient (Wildman–Crippen LogP) is 2.54. The maximum Gasteiger partial charge on any atom is 0.282 e. The molecule has 0 saturated heterocycles. The first-order chi connectivity index (χ1) is 10.3. The molecule has 10 heteroatoms. The summed E-state index contributed by atoms with van der Waals surface area (Å²) in [5.41, 5.74) is 0.148. The van der Waals surface area contributed by atoms with Gasteiger partial charge >= 0.3 is 0 Å². The quantitative estimate of drug-likeness (QED) is 0.880. The Morgan fingerprint density at radius 2 is 1.82 bits per heavy atom. The molecule has 0 atom stereocenters. The summed E-state index contributed by atoms with van der Waals surface area (Å²) in [7, 11) is 0.437. The Kier molecular flexibility index (Phi) is 4.74. The van der Waals surface area contributed by atoms with Crippen LogP contribution in [-0.4, -0.2) is 32.2 Å². The Morgan fingerprint density at radius 3 is 2.32 bits per heavy atom. The lowest BCUT2D eigenvalue weighted by Crippen LogP contribution is -2.15. The van der Waals surface area contributed by atoms with E-state index in [0.29, 0.717) is 5.75 Å². The van der Waals surface area contributed by atoms with Crippen molar-refractivity contribution in [3.8, 4) is 11.5 Å². The third-order valence-corrected chi connectivity index (χ3v) is 4.96. The number of aryl methyl sites for hydroxylation is 1. The van der Waals surface area contributed by atoms with Gasteiger partial charge in [-0.25, -0.2) is 4.98 Å². The highest BCUT2D eigenvalue weighted by atomic mass is 35.5. The average Bonchev–Trinajstić information content (AvgIpc) is 2.79. The van der Waals surface area contributed by atoms with E-state index in [9.17, 15) is 8.42 Å². The Hall–Kier alpha value is -1.64. The highest BCUT2D eigenvalue weighted by Crippen LogP contribution is 2.37. The standard InChI is InChI=1S/C12H13Cl2N3O4S/c1-17-6-15-12(11(17)14)22(18,19)16-8-4-7(13)9(20-2)5-10(8)21-3/h4-6,16H,1-3H3. The number of nitrogens with one attached hydrogen (secondary N) is 1. The molecule has 0 radical (unpaired) electrons. The van der Waals surface area contributed by atoms with E-state index in [4.69, 9.17) is 32.7 Å². The van der Waals surface area contributed by atoms with E-state index >= 15 is 0 Å². The van der Waals surface area contributed by atoms with Crippen molar-refractivity contribution in [3.05, 3.63) is 28.6 Å². The molecule has 0 aliphatic carbocycles. The molecule has 0 aliphatic heterocycles. The molecule has 0 unspecified atom stereocenters. The number of aromatic nitrogens is 2. The lowest BCUT2D eigenvalue weighted by molar-refractivity contribution is 0.396. The van der Waals surface area contributed by atoms with Crippen molar-refractivity contribution < 1.29 is 17.9 Å². The van der Waals surface area contributed by atoms with Crippen molar-refractivity contribution in [2.75, 3.05) is 18.9 Å². The minimum absolute atomic E-state index is 0.00826. The molecule has 0 bridgehead atoms. The molecule has 0 aliphatic rings. The first-order valence-corrected chi connectivity index (χ1v) is 8.15. The van der Waals surface area contributed by atoms with Crippen molar-refractivity contribution in [2.45, 2.75) is 5.03 Å². The van der Waals surface area contributed by atoms with Gasteiger partial charge in [0.1, 0.15) is 16.7 Å². The number of nitrogens with zero attached hydrogens (tertiary/aromatic N) is 2. The van der Waals surface area contributed by atoms with E-state index in [2.05, 4.69) is 9.71 Å².